The van der Waals surface area contributed by atoms with Crippen molar-refractivity contribution in [1.29, 1.82) is 0 Å². The van der Waals surface area contributed by atoms with Gasteiger partial charge in [0.15, 0.2) is 5.69 Å². The van der Waals surface area contributed by atoms with E-state index in [0.29, 0.717) is 31.9 Å². The predicted molar refractivity (Wildman–Crippen MR) is 120 cm³/mol. The molecule has 32 heavy (non-hydrogen) atoms. The van der Waals surface area contributed by atoms with Crippen molar-refractivity contribution in [3.8, 4) is 0 Å². The van der Waals surface area contributed by atoms with Crippen LogP contribution < -0.4 is 10.2 Å². The lowest BCUT2D eigenvalue weighted by molar-refractivity contribution is 0.0745. The first-order valence-corrected chi connectivity index (χ1v) is 10.6. The highest BCUT2D eigenvalue weighted by molar-refractivity contribution is 5.98. The third kappa shape index (κ3) is 4.80. The van der Waals surface area contributed by atoms with Gasteiger partial charge in [-0.25, -0.2) is 4.39 Å². The number of amides is 2. The van der Waals surface area contributed by atoms with Crippen molar-refractivity contribution >= 4 is 17.5 Å². The highest BCUT2D eigenvalue weighted by Crippen LogP contribution is 2.17. The lowest BCUT2D eigenvalue weighted by atomic mass is 10.2. The van der Waals surface area contributed by atoms with Crippen LogP contribution in [0.25, 0.3) is 0 Å². The first-order valence-electron chi connectivity index (χ1n) is 10.6. The maximum absolute atomic E-state index is 13.2. The first-order chi connectivity index (χ1) is 15.4. The molecule has 0 atom stereocenters. The van der Waals surface area contributed by atoms with Crippen molar-refractivity contribution < 1.29 is 14.0 Å². The van der Waals surface area contributed by atoms with Crippen LogP contribution in [0.1, 0.15) is 38.5 Å². The van der Waals surface area contributed by atoms with Gasteiger partial charge in [-0.05, 0) is 41.8 Å². The van der Waals surface area contributed by atoms with E-state index in [9.17, 15) is 14.0 Å². The molecule has 4 rings (SSSR count). The maximum Gasteiger partial charge on any atom is 0.272 e. The van der Waals surface area contributed by atoms with Crippen molar-refractivity contribution in [3.63, 3.8) is 0 Å². The first kappa shape index (κ1) is 21.5. The molecule has 1 aliphatic heterocycles. The molecule has 1 aliphatic rings. The fourth-order valence-electron chi connectivity index (χ4n) is 3.69. The Balaban J connectivity index is 1.43. The molecular formula is C24H26FN5O2. The zero-order chi connectivity index (χ0) is 22.7. The van der Waals surface area contributed by atoms with Crippen LogP contribution in [0.5, 0.6) is 0 Å². The van der Waals surface area contributed by atoms with E-state index in [2.05, 4.69) is 10.4 Å². The largest absolute Gasteiger partial charge is 0.378 e. The van der Waals surface area contributed by atoms with Gasteiger partial charge in [-0.15, -0.1) is 0 Å². The van der Waals surface area contributed by atoms with E-state index in [1.54, 1.807) is 27.8 Å². The Morgan fingerprint density at radius 3 is 2.44 bits per heavy atom. The van der Waals surface area contributed by atoms with Crippen LogP contribution in [-0.4, -0.2) is 47.1 Å². The lowest BCUT2D eigenvalue weighted by Crippen LogP contribution is -2.30. The number of halogens is 1. The van der Waals surface area contributed by atoms with Gasteiger partial charge in [-0.1, -0.05) is 24.3 Å². The van der Waals surface area contributed by atoms with Crippen LogP contribution in [0.4, 0.5) is 10.1 Å². The summed E-state index contributed by atoms with van der Waals surface area (Å²) in [7, 11) is 3.95. The number of fused-ring (bicyclic) bond motifs is 1. The molecule has 1 N–H and O–H groups in total. The maximum atomic E-state index is 13.2. The fourth-order valence-corrected chi connectivity index (χ4v) is 3.69. The normalized spacial score (nSPS) is 13.5. The number of carbonyl (C=O) groups excluding carboxylic acids is 2. The Labute approximate surface area is 186 Å². The third-order valence-electron chi connectivity index (χ3n) is 5.51. The molecule has 166 valence electrons. The monoisotopic (exact) mass is 435 g/mol. The molecule has 0 spiro atoms. The number of anilines is 1. The molecular weight excluding hydrogens is 409 g/mol. The molecule has 0 saturated carbocycles. The highest BCUT2D eigenvalue weighted by Gasteiger charge is 2.26. The van der Waals surface area contributed by atoms with Crippen molar-refractivity contribution in [2.75, 3.05) is 25.5 Å². The summed E-state index contributed by atoms with van der Waals surface area (Å²) in [6.07, 6.45) is 0.723. The van der Waals surface area contributed by atoms with Gasteiger partial charge in [-0.3, -0.25) is 14.3 Å². The number of aryl methyl sites for hydroxylation is 1. The molecule has 2 heterocycles. The van der Waals surface area contributed by atoms with Gasteiger partial charge < -0.3 is 15.1 Å². The van der Waals surface area contributed by atoms with Crippen molar-refractivity contribution in [2.45, 2.75) is 26.1 Å². The zero-order valence-electron chi connectivity index (χ0n) is 18.2. The summed E-state index contributed by atoms with van der Waals surface area (Å²) >= 11 is 0. The Bertz CT molecular complexity index is 1110. The van der Waals surface area contributed by atoms with Crippen LogP contribution in [0.2, 0.25) is 0 Å². The van der Waals surface area contributed by atoms with Crippen molar-refractivity contribution in [2.24, 2.45) is 0 Å². The number of carbonyl (C=O) groups is 2. The molecule has 1 aromatic heterocycles. The Kier molecular flexibility index (Phi) is 6.20. The van der Waals surface area contributed by atoms with Crippen LogP contribution in [0.15, 0.2) is 54.6 Å². The summed E-state index contributed by atoms with van der Waals surface area (Å²) in [6.45, 7) is 1.89. The summed E-state index contributed by atoms with van der Waals surface area (Å²) in [6, 6.07) is 15.6. The lowest BCUT2D eigenvalue weighted by Gasteiger charge is -2.20. The molecule has 3 aromatic rings. The van der Waals surface area contributed by atoms with Crippen molar-refractivity contribution in [1.82, 2.24) is 20.0 Å². The van der Waals surface area contributed by atoms with Crippen LogP contribution in [0, 0.1) is 5.82 Å². The number of rotatable bonds is 6. The minimum Gasteiger partial charge on any atom is -0.378 e. The smallest absolute Gasteiger partial charge is 0.272 e. The van der Waals surface area contributed by atoms with E-state index < -0.39 is 0 Å². The van der Waals surface area contributed by atoms with E-state index in [-0.39, 0.29) is 23.3 Å². The quantitative estimate of drug-likeness (QED) is 0.646. The van der Waals surface area contributed by atoms with Gasteiger partial charge in [0.2, 0.25) is 0 Å². The molecule has 0 bridgehead atoms. The third-order valence-corrected chi connectivity index (χ3v) is 5.51. The van der Waals surface area contributed by atoms with Gasteiger partial charge in [0, 0.05) is 52.0 Å². The Morgan fingerprint density at radius 1 is 1.06 bits per heavy atom. The molecule has 0 fully saturated rings. The molecule has 2 amide bonds. The van der Waals surface area contributed by atoms with Gasteiger partial charge in [0.05, 0.1) is 0 Å². The topological polar surface area (TPSA) is 70.5 Å². The van der Waals surface area contributed by atoms with E-state index in [1.807, 2.05) is 43.3 Å². The van der Waals surface area contributed by atoms with E-state index in [4.69, 9.17) is 0 Å². The summed E-state index contributed by atoms with van der Waals surface area (Å²) in [5, 5.41) is 7.24. The molecule has 0 unspecified atom stereocenters. The Morgan fingerprint density at radius 2 is 1.75 bits per heavy atom. The van der Waals surface area contributed by atoms with Crippen LogP contribution in [-0.2, 0) is 19.6 Å². The minimum absolute atomic E-state index is 0.183. The van der Waals surface area contributed by atoms with E-state index in [1.165, 1.54) is 12.1 Å². The summed E-state index contributed by atoms with van der Waals surface area (Å²) in [5.74, 6) is -0.809. The van der Waals surface area contributed by atoms with Gasteiger partial charge in [-0.2, -0.15) is 5.10 Å². The molecule has 0 aliphatic carbocycles. The molecule has 2 aromatic carbocycles. The van der Waals surface area contributed by atoms with Gasteiger partial charge in [0.1, 0.15) is 11.5 Å². The molecule has 0 radical (unpaired) electrons. The number of nitrogens with zero attached hydrogens (tertiary/aromatic N) is 4. The predicted octanol–water partition coefficient (Wildman–Crippen LogP) is 3.06. The number of hydrogen-bond acceptors (Lipinski definition) is 4. The average Bonchev–Trinajstić information content (AvgIpc) is 3.16. The van der Waals surface area contributed by atoms with E-state index in [0.717, 1.165) is 23.2 Å². The van der Waals surface area contributed by atoms with Gasteiger partial charge in [0.25, 0.3) is 11.8 Å². The molecule has 7 nitrogen and oxygen atoms in total. The second-order valence-corrected chi connectivity index (χ2v) is 8.09. The zero-order valence-corrected chi connectivity index (χ0v) is 18.2. The highest BCUT2D eigenvalue weighted by atomic mass is 19.1. The van der Waals surface area contributed by atoms with Gasteiger partial charge >= 0.3 is 0 Å². The summed E-state index contributed by atoms with van der Waals surface area (Å²) in [5.41, 5.74) is 3.53. The number of hydrogen-bond donors (Lipinski definition) is 1. The second kappa shape index (κ2) is 9.21. The standard InChI is InChI=1S/C24H26FN5O2/c1-28(2)20-10-6-17(7-11-20)15-26-23(31)21-14-22-24(32)29(12-3-13-30(22)27-21)16-18-4-8-19(25)9-5-18/h4-11,14H,3,12-13,15-16H2,1-2H3,(H,26,31). The minimum atomic E-state index is -0.319. The van der Waals surface area contributed by atoms with Crippen LogP contribution in [0.3, 0.4) is 0 Å². The number of benzene rings is 2. The van der Waals surface area contributed by atoms with Crippen LogP contribution >= 0.6 is 0 Å². The van der Waals surface area contributed by atoms with E-state index >= 15 is 0 Å². The summed E-state index contributed by atoms with van der Waals surface area (Å²) in [4.78, 5) is 29.4. The SMILES string of the molecule is CN(C)c1ccc(CNC(=O)c2cc3n(n2)CCCN(Cc2ccc(F)cc2)C3=O)cc1. The Hall–Kier alpha value is -3.68. The average molecular weight is 436 g/mol. The fraction of sp³-hybridized carbons (Fsp3) is 0.292. The summed E-state index contributed by atoms with van der Waals surface area (Å²) < 4.78 is 14.8. The molecule has 0 saturated heterocycles. The number of nitrogens with one attached hydrogen (secondary N) is 1. The van der Waals surface area contributed by atoms with Crippen molar-refractivity contribution in [3.05, 3.63) is 82.9 Å². The second-order valence-electron chi connectivity index (χ2n) is 8.09. The number of aromatic nitrogens is 2. The molecule has 8 heteroatoms.